The molecular formula is C31H31NO3. The third kappa shape index (κ3) is 3.89. The van der Waals surface area contributed by atoms with Crippen LogP contribution in [0, 0.1) is 0 Å². The summed E-state index contributed by atoms with van der Waals surface area (Å²) in [6.07, 6.45) is 4.52. The molecule has 0 aromatic heterocycles. The molecule has 0 fully saturated rings. The average Bonchev–Trinajstić information content (AvgIpc) is 3.10. The zero-order valence-electron chi connectivity index (χ0n) is 20.7. The maximum atomic E-state index is 6.80. The number of anilines is 1. The van der Waals surface area contributed by atoms with Crippen molar-refractivity contribution in [3.05, 3.63) is 101 Å². The summed E-state index contributed by atoms with van der Waals surface area (Å²) in [5.41, 5.74) is 10.9. The monoisotopic (exact) mass is 465 g/mol. The first-order chi connectivity index (χ1) is 17.0. The third-order valence-electron chi connectivity index (χ3n) is 6.99. The highest BCUT2D eigenvalue weighted by molar-refractivity contribution is 5.98. The summed E-state index contributed by atoms with van der Waals surface area (Å²) in [5.74, 6) is 2.66. The van der Waals surface area contributed by atoms with Crippen molar-refractivity contribution in [2.45, 2.75) is 25.2 Å². The second-order valence-electron chi connectivity index (χ2n) is 9.37. The van der Waals surface area contributed by atoms with Crippen molar-refractivity contribution >= 4 is 22.5 Å². The van der Waals surface area contributed by atoms with E-state index in [0.29, 0.717) is 12.5 Å². The van der Waals surface area contributed by atoms with Crippen molar-refractivity contribution in [2.75, 3.05) is 26.6 Å². The van der Waals surface area contributed by atoms with Crippen LogP contribution in [0.2, 0.25) is 0 Å². The molecule has 0 saturated carbocycles. The van der Waals surface area contributed by atoms with Gasteiger partial charge in [0.1, 0.15) is 23.9 Å². The number of nitrogen functional groups attached to an aromatic ring is 1. The van der Waals surface area contributed by atoms with Gasteiger partial charge in [0, 0.05) is 28.1 Å². The van der Waals surface area contributed by atoms with Crippen LogP contribution in [-0.2, 0) is 5.41 Å². The van der Waals surface area contributed by atoms with Crippen molar-refractivity contribution < 1.29 is 14.2 Å². The lowest BCUT2D eigenvalue weighted by molar-refractivity contribution is 0.275. The van der Waals surface area contributed by atoms with Crippen molar-refractivity contribution in [3.8, 4) is 17.2 Å². The lowest BCUT2D eigenvalue weighted by atomic mass is 9.74. The van der Waals surface area contributed by atoms with E-state index in [0.717, 1.165) is 44.8 Å². The van der Waals surface area contributed by atoms with Crippen LogP contribution < -0.4 is 19.9 Å². The van der Waals surface area contributed by atoms with Crippen LogP contribution in [-0.4, -0.2) is 20.8 Å². The van der Waals surface area contributed by atoms with Gasteiger partial charge in [-0.25, -0.2) is 0 Å². The van der Waals surface area contributed by atoms with Crippen LogP contribution in [0.25, 0.3) is 16.8 Å². The molecule has 0 bridgehead atoms. The first-order valence-electron chi connectivity index (χ1n) is 11.9. The highest BCUT2D eigenvalue weighted by Crippen LogP contribution is 2.46. The Morgan fingerprint density at radius 2 is 1.57 bits per heavy atom. The quantitative estimate of drug-likeness (QED) is 0.324. The molecular weight excluding hydrogens is 434 g/mol. The molecule has 0 radical (unpaired) electrons. The first kappa shape index (κ1) is 22.9. The van der Waals surface area contributed by atoms with Crippen LogP contribution in [0.1, 0.15) is 42.0 Å². The number of ether oxygens (including phenoxy) is 3. The Bertz CT molecular complexity index is 1390. The van der Waals surface area contributed by atoms with Crippen molar-refractivity contribution in [3.63, 3.8) is 0 Å². The number of hydrogen-bond donors (Lipinski definition) is 1. The molecule has 1 heterocycles. The van der Waals surface area contributed by atoms with Gasteiger partial charge >= 0.3 is 0 Å². The van der Waals surface area contributed by atoms with E-state index in [1.807, 2.05) is 30.3 Å². The van der Waals surface area contributed by atoms with Gasteiger partial charge in [-0.1, -0.05) is 68.5 Å². The van der Waals surface area contributed by atoms with Crippen molar-refractivity contribution in [1.29, 1.82) is 0 Å². The molecule has 2 N–H and O–H groups in total. The fourth-order valence-electron chi connectivity index (χ4n) is 5.04. The summed E-state index contributed by atoms with van der Waals surface area (Å²) >= 11 is 0. The van der Waals surface area contributed by atoms with Gasteiger partial charge in [0.05, 0.1) is 19.6 Å². The molecule has 0 amide bonds. The Kier molecular flexibility index (Phi) is 5.89. The number of benzene rings is 4. The fourth-order valence-corrected chi connectivity index (χ4v) is 5.04. The number of methoxy groups -OCH3 is 2. The van der Waals surface area contributed by atoms with Gasteiger partial charge in [-0.05, 0) is 46.9 Å². The van der Waals surface area contributed by atoms with Crippen LogP contribution in [0.4, 0.5) is 5.69 Å². The smallest absolute Gasteiger partial charge is 0.134 e. The lowest BCUT2D eigenvalue weighted by Gasteiger charge is -2.31. The molecule has 4 heteroatoms. The normalized spacial score (nSPS) is 17.1. The van der Waals surface area contributed by atoms with Gasteiger partial charge in [0.25, 0.3) is 0 Å². The standard InChI is InChI=1S/C31H31NO3/c1-20(2)26-18-27-28(16-24(33-3)17-29(27)34-4)30-25(26)14-15-31(19-35-30,21-8-6-5-7-9-21)22-10-12-23(32)13-11-22/h5-18,20H,19,32H2,1-4H3. The van der Waals surface area contributed by atoms with Crippen LogP contribution in [0.15, 0.2) is 78.9 Å². The summed E-state index contributed by atoms with van der Waals surface area (Å²) in [7, 11) is 3.36. The van der Waals surface area contributed by atoms with Crippen molar-refractivity contribution in [2.24, 2.45) is 0 Å². The average molecular weight is 466 g/mol. The second kappa shape index (κ2) is 9.03. The molecule has 0 spiro atoms. The first-order valence-corrected chi connectivity index (χ1v) is 11.9. The second-order valence-corrected chi connectivity index (χ2v) is 9.37. The van der Waals surface area contributed by atoms with Gasteiger partial charge in [-0.15, -0.1) is 0 Å². The molecule has 1 aliphatic rings. The Hall–Kier alpha value is -3.92. The lowest BCUT2D eigenvalue weighted by Crippen LogP contribution is -2.32. The minimum atomic E-state index is -0.475. The molecule has 1 unspecified atom stereocenters. The molecule has 5 rings (SSSR count). The summed E-state index contributed by atoms with van der Waals surface area (Å²) in [6, 6.07) is 24.8. The number of hydrogen-bond acceptors (Lipinski definition) is 4. The summed E-state index contributed by atoms with van der Waals surface area (Å²) in [5, 5.41) is 2.00. The maximum Gasteiger partial charge on any atom is 0.134 e. The molecule has 0 saturated heterocycles. The van der Waals surface area contributed by atoms with E-state index in [-0.39, 0.29) is 0 Å². The highest BCUT2D eigenvalue weighted by atomic mass is 16.5. The van der Waals surface area contributed by atoms with E-state index in [9.17, 15) is 0 Å². The van der Waals surface area contributed by atoms with E-state index in [1.54, 1.807) is 14.2 Å². The summed E-state index contributed by atoms with van der Waals surface area (Å²) in [4.78, 5) is 0. The van der Waals surface area contributed by atoms with E-state index < -0.39 is 5.41 Å². The molecule has 178 valence electrons. The van der Waals surface area contributed by atoms with Gasteiger partial charge in [-0.2, -0.15) is 0 Å². The summed E-state index contributed by atoms with van der Waals surface area (Å²) < 4.78 is 18.1. The van der Waals surface area contributed by atoms with Gasteiger partial charge in [0.2, 0.25) is 0 Å². The maximum absolute atomic E-state index is 6.80. The van der Waals surface area contributed by atoms with Gasteiger partial charge in [0.15, 0.2) is 0 Å². The Morgan fingerprint density at radius 3 is 2.23 bits per heavy atom. The SMILES string of the molecule is COc1cc(OC)c2cc(C(C)C)c3c(c2c1)OCC(c1ccccc1)(c1ccc(N)cc1)C=C3. The largest absolute Gasteiger partial charge is 0.497 e. The summed E-state index contributed by atoms with van der Waals surface area (Å²) in [6.45, 7) is 4.86. The van der Waals surface area contributed by atoms with Crippen molar-refractivity contribution in [1.82, 2.24) is 0 Å². The van der Waals surface area contributed by atoms with E-state index in [4.69, 9.17) is 19.9 Å². The highest BCUT2D eigenvalue weighted by Gasteiger charge is 2.35. The number of nitrogens with two attached hydrogens (primary N) is 1. The van der Waals surface area contributed by atoms with Gasteiger partial charge in [-0.3, -0.25) is 0 Å². The predicted octanol–water partition coefficient (Wildman–Crippen LogP) is 6.95. The molecule has 35 heavy (non-hydrogen) atoms. The van der Waals surface area contributed by atoms with Gasteiger partial charge < -0.3 is 19.9 Å². The molecule has 4 aromatic rings. The zero-order chi connectivity index (χ0) is 24.6. The topological polar surface area (TPSA) is 53.7 Å². The molecule has 1 aliphatic heterocycles. The Morgan fingerprint density at radius 1 is 0.857 bits per heavy atom. The molecule has 4 nitrogen and oxygen atoms in total. The van der Waals surface area contributed by atoms with E-state index in [1.165, 1.54) is 11.1 Å². The molecule has 1 atom stereocenters. The molecule has 4 aromatic carbocycles. The Labute approximate surface area is 206 Å². The van der Waals surface area contributed by atoms with Crippen LogP contribution in [0.3, 0.4) is 0 Å². The van der Waals surface area contributed by atoms with E-state index >= 15 is 0 Å². The number of fused-ring (bicyclic) bond motifs is 3. The molecule has 0 aliphatic carbocycles. The zero-order valence-corrected chi connectivity index (χ0v) is 20.7. The Balaban J connectivity index is 1.77. The van der Waals surface area contributed by atoms with E-state index in [2.05, 4.69) is 68.5 Å². The number of rotatable bonds is 5. The van der Waals surface area contributed by atoms with Crippen LogP contribution >= 0.6 is 0 Å². The predicted molar refractivity (Wildman–Crippen MR) is 144 cm³/mol. The fraction of sp³-hybridized carbons (Fsp3) is 0.226. The minimum Gasteiger partial charge on any atom is -0.497 e. The van der Waals surface area contributed by atoms with Crippen LogP contribution in [0.5, 0.6) is 17.2 Å². The minimum absolute atomic E-state index is 0.300. The third-order valence-corrected chi connectivity index (χ3v) is 6.99.